The average Bonchev–Trinajstić information content (AvgIpc) is 2.35. The van der Waals surface area contributed by atoms with Gasteiger partial charge >= 0.3 is 0 Å². The largest absolute Gasteiger partial charge is 0.399 e. The minimum absolute atomic E-state index is 0.826. The van der Waals surface area contributed by atoms with Crippen molar-refractivity contribution >= 4 is 28.8 Å². The lowest BCUT2D eigenvalue weighted by atomic mass is 10.2. The van der Waals surface area contributed by atoms with Crippen molar-refractivity contribution in [3.8, 4) is 0 Å². The van der Waals surface area contributed by atoms with E-state index in [0.29, 0.717) is 0 Å². The van der Waals surface area contributed by atoms with Crippen LogP contribution in [0.15, 0.2) is 52.3 Å². The standard InChI is InChI=1S/C14H14N2S/c1-2-16-11-5-3-4-6-13(11)17-14-9-10(15)7-8-12(14)16/h3-9H,2,15H2,1H3. The summed E-state index contributed by atoms with van der Waals surface area (Å²) in [4.78, 5) is 4.87. The van der Waals surface area contributed by atoms with Crippen molar-refractivity contribution in [3.63, 3.8) is 0 Å². The highest BCUT2D eigenvalue weighted by atomic mass is 32.2. The smallest absolute Gasteiger partial charge is 0.0554 e. The van der Waals surface area contributed by atoms with Crippen LogP contribution in [0, 0.1) is 0 Å². The van der Waals surface area contributed by atoms with E-state index in [0.717, 1.165) is 12.2 Å². The van der Waals surface area contributed by atoms with Crippen LogP contribution in [0.1, 0.15) is 6.92 Å². The lowest BCUT2D eigenvalue weighted by molar-refractivity contribution is 0.980. The highest BCUT2D eigenvalue weighted by Crippen LogP contribution is 2.48. The van der Waals surface area contributed by atoms with Gasteiger partial charge in [-0.2, -0.15) is 0 Å². The first kappa shape index (κ1) is 10.5. The molecular formula is C14H14N2S. The Hall–Kier alpha value is -1.61. The molecule has 1 aliphatic rings. The normalized spacial score (nSPS) is 13.1. The van der Waals surface area contributed by atoms with E-state index in [4.69, 9.17) is 5.73 Å². The van der Waals surface area contributed by atoms with E-state index in [-0.39, 0.29) is 0 Å². The predicted octanol–water partition coefficient (Wildman–Crippen LogP) is 3.89. The molecule has 2 aromatic rings. The van der Waals surface area contributed by atoms with Gasteiger partial charge in [-0.15, -0.1) is 0 Å². The fraction of sp³-hybridized carbons (Fsp3) is 0.143. The van der Waals surface area contributed by atoms with Crippen LogP contribution in [-0.4, -0.2) is 6.54 Å². The zero-order chi connectivity index (χ0) is 11.8. The van der Waals surface area contributed by atoms with Crippen LogP contribution >= 0.6 is 11.8 Å². The van der Waals surface area contributed by atoms with Gasteiger partial charge in [-0.05, 0) is 37.3 Å². The highest BCUT2D eigenvalue weighted by molar-refractivity contribution is 7.99. The molecule has 0 bridgehead atoms. The third kappa shape index (κ3) is 1.67. The summed E-state index contributed by atoms with van der Waals surface area (Å²) in [6.07, 6.45) is 0. The molecule has 3 rings (SSSR count). The Bertz CT molecular complexity index is 566. The molecule has 1 aliphatic heterocycles. The van der Waals surface area contributed by atoms with Crippen LogP contribution in [-0.2, 0) is 0 Å². The Morgan fingerprint density at radius 1 is 1.06 bits per heavy atom. The molecule has 2 N–H and O–H groups in total. The minimum Gasteiger partial charge on any atom is -0.399 e. The summed E-state index contributed by atoms with van der Waals surface area (Å²) in [5.74, 6) is 0. The van der Waals surface area contributed by atoms with Crippen LogP contribution in [0.5, 0.6) is 0 Å². The molecule has 0 saturated heterocycles. The van der Waals surface area contributed by atoms with Gasteiger partial charge < -0.3 is 10.6 Å². The van der Waals surface area contributed by atoms with Crippen LogP contribution in [0.3, 0.4) is 0 Å². The lowest BCUT2D eigenvalue weighted by Gasteiger charge is -2.31. The summed E-state index contributed by atoms with van der Waals surface area (Å²) in [5.41, 5.74) is 9.23. The molecule has 0 radical (unpaired) electrons. The second-order valence-electron chi connectivity index (χ2n) is 4.04. The van der Waals surface area contributed by atoms with E-state index in [9.17, 15) is 0 Å². The average molecular weight is 242 g/mol. The van der Waals surface area contributed by atoms with Gasteiger partial charge in [-0.1, -0.05) is 23.9 Å². The molecular weight excluding hydrogens is 228 g/mol. The van der Waals surface area contributed by atoms with E-state index in [1.54, 1.807) is 11.8 Å². The Labute approximate surface area is 105 Å². The third-order valence-electron chi connectivity index (χ3n) is 2.97. The summed E-state index contributed by atoms with van der Waals surface area (Å²) in [7, 11) is 0. The Kier molecular flexibility index (Phi) is 2.48. The molecule has 86 valence electrons. The van der Waals surface area contributed by atoms with E-state index in [2.05, 4.69) is 48.2 Å². The quantitative estimate of drug-likeness (QED) is 0.769. The number of benzene rings is 2. The molecule has 0 unspecified atom stereocenters. The molecule has 2 aromatic carbocycles. The van der Waals surface area contributed by atoms with Crippen LogP contribution < -0.4 is 10.6 Å². The molecule has 0 amide bonds. The van der Waals surface area contributed by atoms with E-state index in [1.807, 2.05) is 6.07 Å². The topological polar surface area (TPSA) is 29.3 Å². The maximum atomic E-state index is 5.86. The molecule has 0 fully saturated rings. The second-order valence-corrected chi connectivity index (χ2v) is 5.12. The van der Waals surface area contributed by atoms with E-state index in [1.165, 1.54) is 21.2 Å². The number of rotatable bonds is 1. The molecule has 0 atom stereocenters. The fourth-order valence-corrected chi connectivity index (χ4v) is 3.33. The maximum absolute atomic E-state index is 5.86. The predicted molar refractivity (Wildman–Crippen MR) is 74.1 cm³/mol. The first-order valence-electron chi connectivity index (χ1n) is 5.73. The first-order valence-corrected chi connectivity index (χ1v) is 6.55. The van der Waals surface area contributed by atoms with Gasteiger partial charge in [-0.3, -0.25) is 0 Å². The molecule has 1 heterocycles. The van der Waals surface area contributed by atoms with Crippen molar-refractivity contribution in [3.05, 3.63) is 42.5 Å². The zero-order valence-corrected chi connectivity index (χ0v) is 10.5. The molecule has 3 heteroatoms. The van der Waals surface area contributed by atoms with Crippen LogP contribution in [0.4, 0.5) is 17.1 Å². The van der Waals surface area contributed by atoms with Gasteiger partial charge in [0.2, 0.25) is 0 Å². The summed E-state index contributed by atoms with van der Waals surface area (Å²) >= 11 is 1.79. The number of fused-ring (bicyclic) bond motifs is 2. The number of hydrogen-bond donors (Lipinski definition) is 1. The lowest BCUT2D eigenvalue weighted by Crippen LogP contribution is -2.19. The minimum atomic E-state index is 0.826. The molecule has 2 nitrogen and oxygen atoms in total. The van der Waals surface area contributed by atoms with Crippen molar-refractivity contribution in [2.75, 3.05) is 17.2 Å². The SMILES string of the molecule is CCN1c2ccccc2Sc2cc(N)ccc21. The number of nitrogen functional groups attached to an aromatic ring is 1. The Morgan fingerprint density at radius 2 is 1.82 bits per heavy atom. The molecule has 0 aliphatic carbocycles. The fourth-order valence-electron chi connectivity index (χ4n) is 2.19. The van der Waals surface area contributed by atoms with Gasteiger partial charge in [0.25, 0.3) is 0 Å². The highest BCUT2D eigenvalue weighted by Gasteiger charge is 2.21. The first-order chi connectivity index (χ1) is 8.29. The Balaban J connectivity index is 2.18. The van der Waals surface area contributed by atoms with Crippen LogP contribution in [0.2, 0.25) is 0 Å². The van der Waals surface area contributed by atoms with Crippen molar-refractivity contribution < 1.29 is 0 Å². The number of hydrogen-bond acceptors (Lipinski definition) is 3. The van der Waals surface area contributed by atoms with Gasteiger partial charge in [0.05, 0.1) is 11.4 Å². The summed E-state index contributed by atoms with van der Waals surface area (Å²) in [5, 5.41) is 0. The second kappa shape index (κ2) is 4.00. The number of nitrogens with two attached hydrogens (primary N) is 1. The van der Waals surface area contributed by atoms with Crippen molar-refractivity contribution in [2.24, 2.45) is 0 Å². The van der Waals surface area contributed by atoms with Crippen molar-refractivity contribution in [1.29, 1.82) is 0 Å². The van der Waals surface area contributed by atoms with Crippen molar-refractivity contribution in [2.45, 2.75) is 16.7 Å². The number of para-hydroxylation sites is 1. The molecule has 17 heavy (non-hydrogen) atoms. The summed E-state index contributed by atoms with van der Waals surface area (Å²) in [6, 6.07) is 14.6. The van der Waals surface area contributed by atoms with Gasteiger partial charge in [0, 0.05) is 22.0 Å². The third-order valence-corrected chi connectivity index (χ3v) is 4.08. The van der Waals surface area contributed by atoms with Gasteiger partial charge in [-0.25, -0.2) is 0 Å². The van der Waals surface area contributed by atoms with Crippen molar-refractivity contribution in [1.82, 2.24) is 0 Å². The van der Waals surface area contributed by atoms with E-state index < -0.39 is 0 Å². The molecule has 0 saturated carbocycles. The monoisotopic (exact) mass is 242 g/mol. The van der Waals surface area contributed by atoms with E-state index >= 15 is 0 Å². The van der Waals surface area contributed by atoms with Gasteiger partial charge in [0.15, 0.2) is 0 Å². The number of nitrogens with zero attached hydrogens (tertiary/aromatic N) is 1. The van der Waals surface area contributed by atoms with Gasteiger partial charge in [0.1, 0.15) is 0 Å². The Morgan fingerprint density at radius 3 is 2.65 bits per heavy atom. The number of anilines is 3. The molecule has 0 aromatic heterocycles. The zero-order valence-electron chi connectivity index (χ0n) is 9.68. The maximum Gasteiger partial charge on any atom is 0.0554 e. The molecule has 0 spiro atoms. The summed E-state index contributed by atoms with van der Waals surface area (Å²) in [6.45, 7) is 3.14. The summed E-state index contributed by atoms with van der Waals surface area (Å²) < 4.78 is 0. The van der Waals surface area contributed by atoms with Crippen LogP contribution in [0.25, 0.3) is 0 Å².